The van der Waals surface area contributed by atoms with Crippen LogP contribution in [0.4, 0.5) is 0 Å². The molecule has 5 heteroatoms. The van der Waals surface area contributed by atoms with Crippen molar-refractivity contribution in [3.05, 3.63) is 18.4 Å². The summed E-state index contributed by atoms with van der Waals surface area (Å²) < 4.78 is 10.3. The van der Waals surface area contributed by atoms with Crippen molar-refractivity contribution in [3.63, 3.8) is 0 Å². The average molecular weight is 182 g/mol. The monoisotopic (exact) mass is 182 g/mol. The van der Waals surface area contributed by atoms with Gasteiger partial charge in [-0.05, 0) is 18.4 Å². The Morgan fingerprint density at radius 2 is 2.33 bits per heavy atom. The van der Waals surface area contributed by atoms with E-state index < -0.39 is 0 Å². The molecule has 0 aromatic carbocycles. The lowest BCUT2D eigenvalue weighted by Crippen LogP contribution is -1.71. The molecule has 0 saturated carbocycles. The van der Waals surface area contributed by atoms with Gasteiger partial charge in [-0.15, -0.1) is 10.2 Å². The van der Waals surface area contributed by atoms with E-state index in [9.17, 15) is 0 Å². The standard InChI is InChI=1S/C7H6N2O2S/c1-12-7-9-8-6(11-7)5-3-2-4-10-5/h2-4H,1H3. The van der Waals surface area contributed by atoms with Crippen molar-refractivity contribution in [2.24, 2.45) is 0 Å². The van der Waals surface area contributed by atoms with E-state index in [1.165, 1.54) is 11.8 Å². The molecular formula is C7H6N2O2S. The number of thioether (sulfide) groups is 1. The molecule has 0 aliphatic heterocycles. The second-order valence-corrected chi connectivity index (χ2v) is 2.81. The van der Waals surface area contributed by atoms with E-state index in [0.717, 1.165) is 0 Å². The summed E-state index contributed by atoms with van der Waals surface area (Å²) in [7, 11) is 0. The van der Waals surface area contributed by atoms with Crippen LogP contribution in [-0.4, -0.2) is 16.5 Å². The van der Waals surface area contributed by atoms with Gasteiger partial charge in [-0.1, -0.05) is 11.8 Å². The maximum Gasteiger partial charge on any atom is 0.284 e. The molecule has 0 spiro atoms. The lowest BCUT2D eigenvalue weighted by molar-refractivity contribution is 0.448. The van der Waals surface area contributed by atoms with Crippen molar-refractivity contribution >= 4 is 11.8 Å². The summed E-state index contributed by atoms with van der Waals surface area (Å²) in [5.74, 6) is 1.02. The third-order valence-corrected chi connectivity index (χ3v) is 1.83. The van der Waals surface area contributed by atoms with Crippen LogP contribution in [0.3, 0.4) is 0 Å². The van der Waals surface area contributed by atoms with Gasteiger partial charge in [0.15, 0.2) is 5.76 Å². The van der Waals surface area contributed by atoms with E-state index in [1.54, 1.807) is 18.4 Å². The van der Waals surface area contributed by atoms with Gasteiger partial charge in [-0.2, -0.15) is 0 Å². The van der Waals surface area contributed by atoms with Crippen LogP contribution in [0.15, 0.2) is 32.5 Å². The highest BCUT2D eigenvalue weighted by molar-refractivity contribution is 7.98. The van der Waals surface area contributed by atoms with Gasteiger partial charge in [-0.3, -0.25) is 0 Å². The van der Waals surface area contributed by atoms with Crippen molar-refractivity contribution in [2.45, 2.75) is 5.22 Å². The van der Waals surface area contributed by atoms with E-state index in [0.29, 0.717) is 16.9 Å². The van der Waals surface area contributed by atoms with Crippen molar-refractivity contribution in [1.29, 1.82) is 0 Å². The zero-order chi connectivity index (χ0) is 8.39. The number of rotatable bonds is 2. The molecule has 0 saturated heterocycles. The zero-order valence-electron chi connectivity index (χ0n) is 6.35. The normalized spacial score (nSPS) is 10.4. The summed E-state index contributed by atoms with van der Waals surface area (Å²) in [6.07, 6.45) is 3.44. The fraction of sp³-hybridized carbons (Fsp3) is 0.143. The minimum atomic E-state index is 0.421. The van der Waals surface area contributed by atoms with Crippen LogP contribution in [0, 0.1) is 0 Å². The molecule has 2 heterocycles. The zero-order valence-corrected chi connectivity index (χ0v) is 7.17. The molecule has 0 atom stereocenters. The molecule has 0 bridgehead atoms. The number of hydrogen-bond acceptors (Lipinski definition) is 5. The Hall–Kier alpha value is -1.23. The third-order valence-electron chi connectivity index (χ3n) is 1.31. The highest BCUT2D eigenvalue weighted by Crippen LogP contribution is 2.21. The SMILES string of the molecule is CSc1nnc(-c2ccco2)o1. The van der Waals surface area contributed by atoms with Crippen LogP contribution in [0.25, 0.3) is 11.7 Å². The van der Waals surface area contributed by atoms with Gasteiger partial charge in [0.1, 0.15) is 0 Å². The van der Waals surface area contributed by atoms with Gasteiger partial charge >= 0.3 is 0 Å². The van der Waals surface area contributed by atoms with Crippen molar-refractivity contribution in [3.8, 4) is 11.7 Å². The van der Waals surface area contributed by atoms with E-state index >= 15 is 0 Å². The van der Waals surface area contributed by atoms with Gasteiger partial charge in [0.2, 0.25) is 0 Å². The van der Waals surface area contributed by atoms with Gasteiger partial charge < -0.3 is 8.83 Å². The predicted molar refractivity (Wildman–Crippen MR) is 43.8 cm³/mol. The highest BCUT2D eigenvalue weighted by atomic mass is 32.2. The first kappa shape index (κ1) is 7.42. The van der Waals surface area contributed by atoms with E-state index in [2.05, 4.69) is 10.2 Å². The largest absolute Gasteiger partial charge is 0.459 e. The molecule has 2 aromatic rings. The number of hydrogen-bond donors (Lipinski definition) is 0. The molecule has 0 aliphatic rings. The Labute approximate surface area is 73.0 Å². The molecule has 0 aliphatic carbocycles. The van der Waals surface area contributed by atoms with E-state index in [4.69, 9.17) is 8.83 Å². The van der Waals surface area contributed by atoms with Gasteiger partial charge in [-0.25, -0.2) is 0 Å². The van der Waals surface area contributed by atoms with Crippen LogP contribution in [0.2, 0.25) is 0 Å². The quantitative estimate of drug-likeness (QED) is 0.665. The number of nitrogens with zero attached hydrogens (tertiary/aromatic N) is 2. The first-order valence-corrected chi connectivity index (χ1v) is 4.54. The Bertz CT molecular complexity index is 355. The summed E-state index contributed by atoms with van der Waals surface area (Å²) >= 11 is 1.40. The van der Waals surface area contributed by atoms with Crippen LogP contribution >= 0.6 is 11.8 Å². The van der Waals surface area contributed by atoms with Crippen molar-refractivity contribution in [2.75, 3.05) is 6.26 Å². The highest BCUT2D eigenvalue weighted by Gasteiger charge is 2.08. The lowest BCUT2D eigenvalue weighted by atomic mass is 10.5. The summed E-state index contributed by atoms with van der Waals surface area (Å²) in [6, 6.07) is 3.55. The fourth-order valence-electron chi connectivity index (χ4n) is 0.792. The Kier molecular flexibility index (Phi) is 1.87. The van der Waals surface area contributed by atoms with E-state index in [-0.39, 0.29) is 0 Å². The first-order valence-electron chi connectivity index (χ1n) is 3.31. The molecule has 0 amide bonds. The van der Waals surface area contributed by atoms with Gasteiger partial charge in [0, 0.05) is 0 Å². The molecule has 0 unspecified atom stereocenters. The van der Waals surface area contributed by atoms with Crippen molar-refractivity contribution < 1.29 is 8.83 Å². The van der Waals surface area contributed by atoms with Crippen LogP contribution in [0.1, 0.15) is 0 Å². The molecular weight excluding hydrogens is 176 g/mol. The molecule has 0 N–H and O–H groups in total. The number of furan rings is 1. The Morgan fingerprint density at radius 1 is 1.42 bits per heavy atom. The predicted octanol–water partition coefficient (Wildman–Crippen LogP) is 2.05. The number of aromatic nitrogens is 2. The minimum absolute atomic E-state index is 0.421. The van der Waals surface area contributed by atoms with Gasteiger partial charge in [0.05, 0.1) is 6.26 Å². The Morgan fingerprint density at radius 3 is 2.92 bits per heavy atom. The third kappa shape index (κ3) is 1.23. The summed E-state index contributed by atoms with van der Waals surface area (Å²) in [6.45, 7) is 0. The summed E-state index contributed by atoms with van der Waals surface area (Å²) in [5, 5.41) is 8.12. The second kappa shape index (κ2) is 3.02. The average Bonchev–Trinajstić information content (AvgIpc) is 2.75. The molecule has 62 valence electrons. The smallest absolute Gasteiger partial charge is 0.284 e. The van der Waals surface area contributed by atoms with Crippen LogP contribution in [-0.2, 0) is 0 Å². The van der Waals surface area contributed by atoms with Crippen LogP contribution in [0.5, 0.6) is 0 Å². The lowest BCUT2D eigenvalue weighted by Gasteiger charge is -1.84. The summed E-state index contributed by atoms with van der Waals surface area (Å²) in [4.78, 5) is 0. The molecule has 0 fully saturated rings. The van der Waals surface area contributed by atoms with Crippen LogP contribution < -0.4 is 0 Å². The molecule has 4 nitrogen and oxygen atoms in total. The van der Waals surface area contributed by atoms with E-state index in [1.807, 2.05) is 6.26 Å². The topological polar surface area (TPSA) is 52.1 Å². The summed E-state index contributed by atoms with van der Waals surface area (Å²) in [5.41, 5.74) is 0. The fourth-order valence-corrected chi connectivity index (χ4v) is 1.08. The molecule has 12 heavy (non-hydrogen) atoms. The molecule has 2 rings (SSSR count). The minimum Gasteiger partial charge on any atom is -0.459 e. The first-order chi connectivity index (χ1) is 5.90. The second-order valence-electron chi connectivity index (χ2n) is 2.05. The molecule has 2 aromatic heterocycles. The maximum atomic E-state index is 5.22. The Balaban J connectivity index is 2.35. The van der Waals surface area contributed by atoms with Crippen molar-refractivity contribution in [1.82, 2.24) is 10.2 Å². The molecule has 0 radical (unpaired) electrons. The maximum absolute atomic E-state index is 5.22. The van der Waals surface area contributed by atoms with Gasteiger partial charge in [0.25, 0.3) is 11.1 Å².